The number of nitrogens with zero attached hydrogens (tertiary/aromatic N) is 3. The number of nitrogens with one attached hydrogen (secondary N) is 1. The van der Waals surface area contributed by atoms with E-state index in [1.165, 1.54) is 25.6 Å². The number of methoxy groups -OCH3 is 1. The van der Waals surface area contributed by atoms with Gasteiger partial charge in [0.2, 0.25) is 0 Å². The van der Waals surface area contributed by atoms with Crippen LogP contribution in [0.5, 0.6) is 5.75 Å². The number of hydrogen-bond acceptors (Lipinski definition) is 5. The zero-order valence-corrected chi connectivity index (χ0v) is 16.1. The van der Waals surface area contributed by atoms with Crippen molar-refractivity contribution in [1.29, 1.82) is 0 Å². The summed E-state index contributed by atoms with van der Waals surface area (Å²) in [7, 11) is 1.65. The molecule has 0 aliphatic carbocycles. The summed E-state index contributed by atoms with van der Waals surface area (Å²) in [6.07, 6.45) is 6.94. The Morgan fingerprint density at radius 3 is 3.00 bits per heavy atom. The topological polar surface area (TPSA) is 67.4 Å². The lowest BCUT2D eigenvalue weighted by Crippen LogP contribution is -2.40. The molecule has 2 aromatic rings. The molecule has 2 heterocycles. The van der Waals surface area contributed by atoms with Gasteiger partial charge < -0.3 is 15.0 Å². The molecule has 144 valence electrons. The number of aromatic nitrogens is 2. The maximum absolute atomic E-state index is 12.5. The summed E-state index contributed by atoms with van der Waals surface area (Å²) in [4.78, 5) is 23.4. The standard InChI is InChI=1S/C21H28N4O2/c1-3-17-8-4-5-12-25(17)20-14-19(23-15-24-20)21(26)22-11-10-16-7-6-9-18(13-16)27-2/h6-7,9,13-15,17H,3-5,8,10-12H2,1-2H3,(H,22,26). The second-order valence-corrected chi connectivity index (χ2v) is 6.87. The highest BCUT2D eigenvalue weighted by Gasteiger charge is 2.23. The van der Waals surface area contributed by atoms with Crippen LogP contribution in [0.4, 0.5) is 5.82 Å². The molecule has 1 aromatic heterocycles. The number of hydrogen-bond donors (Lipinski definition) is 1. The summed E-state index contributed by atoms with van der Waals surface area (Å²) in [5.41, 5.74) is 1.54. The third-order valence-electron chi connectivity index (χ3n) is 5.11. The fourth-order valence-electron chi connectivity index (χ4n) is 3.59. The van der Waals surface area contributed by atoms with E-state index in [1.54, 1.807) is 7.11 Å². The van der Waals surface area contributed by atoms with Crippen LogP contribution in [0.2, 0.25) is 0 Å². The molecule has 1 amide bonds. The molecule has 0 bridgehead atoms. The predicted octanol–water partition coefficient (Wildman–Crippen LogP) is 3.23. The predicted molar refractivity (Wildman–Crippen MR) is 106 cm³/mol. The van der Waals surface area contributed by atoms with E-state index in [1.807, 2.05) is 30.3 Å². The molecule has 1 aliphatic rings. The van der Waals surface area contributed by atoms with Crippen molar-refractivity contribution < 1.29 is 9.53 Å². The average molecular weight is 368 g/mol. The second kappa shape index (κ2) is 9.35. The number of benzene rings is 1. The molecule has 1 N–H and O–H groups in total. The highest BCUT2D eigenvalue weighted by Crippen LogP contribution is 2.25. The molecule has 1 aromatic carbocycles. The zero-order chi connectivity index (χ0) is 19.1. The van der Waals surface area contributed by atoms with E-state index in [0.29, 0.717) is 18.3 Å². The number of carbonyl (C=O) groups excluding carboxylic acids is 1. The maximum Gasteiger partial charge on any atom is 0.270 e. The van der Waals surface area contributed by atoms with Gasteiger partial charge in [-0.15, -0.1) is 0 Å². The number of anilines is 1. The van der Waals surface area contributed by atoms with Crippen LogP contribution in [0.25, 0.3) is 0 Å². The SMILES string of the molecule is CCC1CCCCN1c1cc(C(=O)NCCc2cccc(OC)c2)ncn1. The van der Waals surface area contributed by atoms with Gasteiger partial charge in [-0.25, -0.2) is 9.97 Å². The molecule has 1 atom stereocenters. The maximum atomic E-state index is 12.5. The summed E-state index contributed by atoms with van der Waals surface area (Å²) in [5.74, 6) is 1.52. The Labute approximate surface area is 161 Å². The van der Waals surface area contributed by atoms with Crippen LogP contribution in [-0.2, 0) is 6.42 Å². The molecule has 6 heteroatoms. The van der Waals surface area contributed by atoms with Gasteiger partial charge in [-0.1, -0.05) is 19.1 Å². The molecule has 1 unspecified atom stereocenters. The van der Waals surface area contributed by atoms with Crippen LogP contribution >= 0.6 is 0 Å². The Balaban J connectivity index is 1.59. The summed E-state index contributed by atoms with van der Waals surface area (Å²) < 4.78 is 5.23. The summed E-state index contributed by atoms with van der Waals surface area (Å²) >= 11 is 0. The van der Waals surface area contributed by atoms with Crippen molar-refractivity contribution in [2.75, 3.05) is 25.1 Å². The van der Waals surface area contributed by atoms with Crippen molar-refractivity contribution in [1.82, 2.24) is 15.3 Å². The van der Waals surface area contributed by atoms with Crippen molar-refractivity contribution >= 4 is 11.7 Å². The van der Waals surface area contributed by atoms with Gasteiger partial charge in [0.05, 0.1) is 7.11 Å². The van der Waals surface area contributed by atoms with Crippen LogP contribution in [0, 0.1) is 0 Å². The first kappa shape index (κ1) is 19.1. The number of carbonyl (C=O) groups is 1. The Morgan fingerprint density at radius 2 is 2.19 bits per heavy atom. The van der Waals surface area contributed by atoms with E-state index in [9.17, 15) is 4.79 Å². The minimum Gasteiger partial charge on any atom is -0.497 e. The molecule has 3 rings (SSSR count). The van der Waals surface area contributed by atoms with Crippen molar-refractivity contribution in [3.05, 3.63) is 47.9 Å². The monoisotopic (exact) mass is 368 g/mol. The quantitative estimate of drug-likeness (QED) is 0.813. The largest absolute Gasteiger partial charge is 0.497 e. The van der Waals surface area contributed by atoms with Crippen LogP contribution in [0.1, 0.15) is 48.7 Å². The molecule has 27 heavy (non-hydrogen) atoms. The minimum absolute atomic E-state index is 0.161. The first-order chi connectivity index (χ1) is 13.2. The summed E-state index contributed by atoms with van der Waals surface area (Å²) in [6.45, 7) is 3.75. The summed E-state index contributed by atoms with van der Waals surface area (Å²) in [5, 5.41) is 2.95. The lowest BCUT2D eigenvalue weighted by atomic mass is 10.00. The fourth-order valence-corrected chi connectivity index (χ4v) is 3.59. The van der Waals surface area contributed by atoms with Gasteiger partial charge in [-0.3, -0.25) is 4.79 Å². The fraction of sp³-hybridized carbons (Fsp3) is 0.476. The van der Waals surface area contributed by atoms with Crippen LogP contribution in [-0.4, -0.2) is 42.1 Å². The minimum atomic E-state index is -0.161. The van der Waals surface area contributed by atoms with Gasteiger partial charge >= 0.3 is 0 Å². The third-order valence-corrected chi connectivity index (χ3v) is 5.11. The Bertz CT molecular complexity index is 765. The molecular formula is C21H28N4O2. The Kier molecular flexibility index (Phi) is 6.63. The Hall–Kier alpha value is -2.63. The highest BCUT2D eigenvalue weighted by molar-refractivity contribution is 5.92. The number of rotatable bonds is 7. The Morgan fingerprint density at radius 1 is 1.30 bits per heavy atom. The highest BCUT2D eigenvalue weighted by atomic mass is 16.5. The van der Waals surface area contributed by atoms with Gasteiger partial charge in [0.1, 0.15) is 23.6 Å². The van der Waals surface area contributed by atoms with Gasteiger partial charge in [-0.05, 0) is 49.8 Å². The second-order valence-electron chi connectivity index (χ2n) is 6.87. The molecule has 0 radical (unpaired) electrons. The van der Waals surface area contributed by atoms with Crippen molar-refractivity contribution in [3.63, 3.8) is 0 Å². The molecule has 1 saturated heterocycles. The lowest BCUT2D eigenvalue weighted by molar-refractivity contribution is 0.0949. The van der Waals surface area contributed by atoms with Crippen LogP contribution in [0.3, 0.4) is 0 Å². The zero-order valence-electron chi connectivity index (χ0n) is 16.1. The van der Waals surface area contributed by atoms with E-state index in [4.69, 9.17) is 4.74 Å². The van der Waals surface area contributed by atoms with Crippen LogP contribution < -0.4 is 15.0 Å². The lowest BCUT2D eigenvalue weighted by Gasteiger charge is -2.36. The first-order valence-corrected chi connectivity index (χ1v) is 9.71. The van der Waals surface area contributed by atoms with E-state index >= 15 is 0 Å². The molecule has 0 saturated carbocycles. The van der Waals surface area contributed by atoms with Gasteiger partial charge in [0, 0.05) is 25.2 Å². The van der Waals surface area contributed by atoms with E-state index < -0.39 is 0 Å². The third kappa shape index (κ3) is 4.96. The van der Waals surface area contributed by atoms with Crippen LogP contribution in [0.15, 0.2) is 36.7 Å². The van der Waals surface area contributed by atoms with E-state index in [2.05, 4.69) is 27.1 Å². The van der Waals surface area contributed by atoms with E-state index in [0.717, 1.165) is 36.5 Å². The van der Waals surface area contributed by atoms with Crippen molar-refractivity contribution in [3.8, 4) is 5.75 Å². The van der Waals surface area contributed by atoms with Gasteiger partial charge in [0.25, 0.3) is 5.91 Å². The molecule has 1 fully saturated rings. The number of amides is 1. The van der Waals surface area contributed by atoms with Crippen molar-refractivity contribution in [2.45, 2.75) is 45.1 Å². The molecule has 1 aliphatic heterocycles. The normalized spacial score (nSPS) is 16.8. The van der Waals surface area contributed by atoms with Gasteiger partial charge in [0.15, 0.2) is 0 Å². The average Bonchev–Trinajstić information content (AvgIpc) is 2.74. The first-order valence-electron chi connectivity index (χ1n) is 9.71. The van der Waals surface area contributed by atoms with E-state index in [-0.39, 0.29) is 5.91 Å². The molecule has 0 spiro atoms. The number of ether oxygens (including phenoxy) is 1. The molecular weight excluding hydrogens is 340 g/mol. The van der Waals surface area contributed by atoms with Crippen molar-refractivity contribution in [2.24, 2.45) is 0 Å². The summed E-state index contributed by atoms with van der Waals surface area (Å²) in [6, 6.07) is 10.2. The van der Waals surface area contributed by atoms with Gasteiger partial charge in [-0.2, -0.15) is 0 Å². The smallest absolute Gasteiger partial charge is 0.270 e. The molecule has 6 nitrogen and oxygen atoms in total. The number of piperidine rings is 1.